The third-order valence-corrected chi connectivity index (χ3v) is 2.72. The predicted octanol–water partition coefficient (Wildman–Crippen LogP) is 1.97. The first kappa shape index (κ1) is 12.4. The predicted molar refractivity (Wildman–Crippen MR) is 72.9 cm³/mol. The molecule has 0 atom stereocenters. The topological polar surface area (TPSA) is 46.9 Å². The fourth-order valence-corrected chi connectivity index (χ4v) is 1.72. The molecule has 2 aromatic rings. The molecule has 0 saturated carbocycles. The van der Waals surface area contributed by atoms with Gasteiger partial charge in [-0.2, -0.15) is 0 Å². The van der Waals surface area contributed by atoms with Crippen LogP contribution in [0.5, 0.6) is 0 Å². The van der Waals surface area contributed by atoms with Gasteiger partial charge < -0.3 is 5.32 Å². The summed E-state index contributed by atoms with van der Waals surface area (Å²) in [6.45, 7) is 5.30. The maximum Gasteiger partial charge on any atom is 0.347 e. The average Bonchev–Trinajstić information content (AvgIpc) is 2.36. The molecule has 0 fully saturated rings. The zero-order valence-corrected chi connectivity index (χ0v) is 10.7. The van der Waals surface area contributed by atoms with Gasteiger partial charge in [0, 0.05) is 31.2 Å². The standard InChI is InChI=1S/C14H17N3O/c1-11-3-5-13(6-4-11)15-7-8-17-10-12(2)9-16-14(17)18/h3-6,9-10,15H,7-8H2,1-2H3. The lowest BCUT2D eigenvalue weighted by atomic mass is 10.2. The Morgan fingerprint density at radius 1 is 1.17 bits per heavy atom. The SMILES string of the molecule is Cc1ccc(NCCn2cc(C)cnc2=O)cc1. The molecule has 1 aromatic carbocycles. The van der Waals surface area contributed by atoms with E-state index in [-0.39, 0.29) is 5.69 Å². The summed E-state index contributed by atoms with van der Waals surface area (Å²) in [6.07, 6.45) is 3.42. The van der Waals surface area contributed by atoms with Crippen LogP contribution in [0, 0.1) is 13.8 Å². The number of anilines is 1. The van der Waals surface area contributed by atoms with Crippen LogP contribution in [-0.4, -0.2) is 16.1 Å². The van der Waals surface area contributed by atoms with E-state index in [9.17, 15) is 4.79 Å². The second kappa shape index (κ2) is 5.49. The fraction of sp³-hybridized carbons (Fsp3) is 0.286. The van der Waals surface area contributed by atoms with Gasteiger partial charge in [-0.05, 0) is 31.5 Å². The molecule has 4 nitrogen and oxygen atoms in total. The zero-order chi connectivity index (χ0) is 13.0. The first-order valence-electron chi connectivity index (χ1n) is 5.99. The van der Waals surface area contributed by atoms with Crippen LogP contribution in [0.4, 0.5) is 5.69 Å². The van der Waals surface area contributed by atoms with Crippen molar-refractivity contribution in [3.8, 4) is 0 Å². The van der Waals surface area contributed by atoms with Crippen molar-refractivity contribution in [3.05, 3.63) is 58.3 Å². The molecule has 0 saturated heterocycles. The Morgan fingerprint density at radius 3 is 2.61 bits per heavy atom. The minimum atomic E-state index is -0.202. The van der Waals surface area contributed by atoms with Gasteiger partial charge in [0.05, 0.1) is 0 Å². The second-order valence-corrected chi connectivity index (χ2v) is 4.40. The summed E-state index contributed by atoms with van der Waals surface area (Å²) in [6, 6.07) is 8.19. The molecule has 18 heavy (non-hydrogen) atoms. The number of benzene rings is 1. The smallest absolute Gasteiger partial charge is 0.347 e. The van der Waals surface area contributed by atoms with Gasteiger partial charge in [0.2, 0.25) is 0 Å². The van der Waals surface area contributed by atoms with Crippen molar-refractivity contribution in [2.75, 3.05) is 11.9 Å². The highest BCUT2D eigenvalue weighted by Gasteiger charge is 1.97. The molecule has 0 unspecified atom stereocenters. The molecular formula is C14H17N3O. The molecule has 1 N–H and O–H groups in total. The van der Waals surface area contributed by atoms with Crippen LogP contribution in [0.15, 0.2) is 41.5 Å². The molecule has 0 amide bonds. The maximum atomic E-state index is 11.5. The summed E-state index contributed by atoms with van der Waals surface area (Å²) in [7, 11) is 0. The second-order valence-electron chi connectivity index (χ2n) is 4.40. The highest BCUT2D eigenvalue weighted by molar-refractivity contribution is 5.44. The monoisotopic (exact) mass is 243 g/mol. The molecule has 2 rings (SSSR count). The van der Waals surface area contributed by atoms with E-state index in [1.54, 1.807) is 10.8 Å². The number of aromatic nitrogens is 2. The molecular weight excluding hydrogens is 226 g/mol. The van der Waals surface area contributed by atoms with Gasteiger partial charge in [0.15, 0.2) is 0 Å². The van der Waals surface area contributed by atoms with Crippen molar-refractivity contribution in [3.63, 3.8) is 0 Å². The summed E-state index contributed by atoms with van der Waals surface area (Å²) in [5.74, 6) is 0. The molecule has 94 valence electrons. The summed E-state index contributed by atoms with van der Waals surface area (Å²) in [5.41, 5.74) is 3.09. The minimum Gasteiger partial charge on any atom is -0.383 e. The Morgan fingerprint density at radius 2 is 1.89 bits per heavy atom. The van der Waals surface area contributed by atoms with Gasteiger partial charge in [-0.15, -0.1) is 0 Å². The highest BCUT2D eigenvalue weighted by Crippen LogP contribution is 2.07. The van der Waals surface area contributed by atoms with E-state index in [4.69, 9.17) is 0 Å². The molecule has 0 aliphatic rings. The highest BCUT2D eigenvalue weighted by atomic mass is 16.1. The lowest BCUT2D eigenvalue weighted by Gasteiger charge is -2.08. The normalized spacial score (nSPS) is 10.3. The van der Waals surface area contributed by atoms with E-state index in [1.807, 2.05) is 25.3 Å². The van der Waals surface area contributed by atoms with E-state index in [2.05, 4.69) is 29.4 Å². The van der Waals surface area contributed by atoms with Gasteiger partial charge in [-0.1, -0.05) is 17.7 Å². The fourth-order valence-electron chi connectivity index (χ4n) is 1.72. The van der Waals surface area contributed by atoms with E-state index in [1.165, 1.54) is 5.56 Å². The third kappa shape index (κ3) is 3.20. The summed E-state index contributed by atoms with van der Waals surface area (Å²) in [5, 5.41) is 3.28. The summed E-state index contributed by atoms with van der Waals surface area (Å²) >= 11 is 0. The lowest BCUT2D eigenvalue weighted by Crippen LogP contribution is -2.25. The molecule has 1 heterocycles. The minimum absolute atomic E-state index is 0.202. The zero-order valence-electron chi connectivity index (χ0n) is 10.7. The first-order chi connectivity index (χ1) is 8.65. The van der Waals surface area contributed by atoms with Crippen LogP contribution in [0.1, 0.15) is 11.1 Å². The van der Waals surface area contributed by atoms with E-state index < -0.39 is 0 Å². The molecule has 4 heteroatoms. The number of rotatable bonds is 4. The number of hydrogen-bond donors (Lipinski definition) is 1. The number of nitrogens with one attached hydrogen (secondary N) is 1. The number of hydrogen-bond acceptors (Lipinski definition) is 3. The molecule has 0 aliphatic heterocycles. The lowest BCUT2D eigenvalue weighted by molar-refractivity contribution is 0.669. The molecule has 0 bridgehead atoms. The summed E-state index contributed by atoms with van der Waals surface area (Å²) < 4.78 is 1.62. The Bertz CT molecular complexity index is 572. The Balaban J connectivity index is 1.94. The van der Waals surface area contributed by atoms with E-state index in [0.717, 1.165) is 11.3 Å². The van der Waals surface area contributed by atoms with Crippen molar-refractivity contribution in [2.45, 2.75) is 20.4 Å². The average molecular weight is 243 g/mol. The van der Waals surface area contributed by atoms with Crippen LogP contribution in [0.3, 0.4) is 0 Å². The first-order valence-corrected chi connectivity index (χ1v) is 5.99. The van der Waals surface area contributed by atoms with Crippen molar-refractivity contribution < 1.29 is 0 Å². The van der Waals surface area contributed by atoms with Crippen LogP contribution >= 0.6 is 0 Å². The van der Waals surface area contributed by atoms with Crippen LogP contribution < -0.4 is 11.0 Å². The number of nitrogens with zero attached hydrogens (tertiary/aromatic N) is 2. The molecule has 0 radical (unpaired) electrons. The van der Waals surface area contributed by atoms with Crippen molar-refractivity contribution in [1.82, 2.24) is 9.55 Å². The van der Waals surface area contributed by atoms with Crippen LogP contribution in [0.25, 0.3) is 0 Å². The van der Waals surface area contributed by atoms with Gasteiger partial charge in [-0.3, -0.25) is 4.57 Å². The maximum absolute atomic E-state index is 11.5. The molecule has 0 spiro atoms. The third-order valence-electron chi connectivity index (χ3n) is 2.72. The van der Waals surface area contributed by atoms with Crippen molar-refractivity contribution in [2.24, 2.45) is 0 Å². The van der Waals surface area contributed by atoms with Crippen LogP contribution in [-0.2, 0) is 6.54 Å². The Labute approximate surface area is 106 Å². The largest absolute Gasteiger partial charge is 0.383 e. The Kier molecular flexibility index (Phi) is 3.77. The summed E-state index contributed by atoms with van der Waals surface area (Å²) in [4.78, 5) is 15.3. The quantitative estimate of drug-likeness (QED) is 0.893. The van der Waals surface area contributed by atoms with E-state index >= 15 is 0 Å². The van der Waals surface area contributed by atoms with Gasteiger partial charge >= 0.3 is 5.69 Å². The van der Waals surface area contributed by atoms with Gasteiger partial charge in [-0.25, -0.2) is 9.78 Å². The van der Waals surface area contributed by atoms with Crippen LogP contribution in [0.2, 0.25) is 0 Å². The van der Waals surface area contributed by atoms with Gasteiger partial charge in [0.1, 0.15) is 0 Å². The van der Waals surface area contributed by atoms with Gasteiger partial charge in [0.25, 0.3) is 0 Å². The van der Waals surface area contributed by atoms with Crippen molar-refractivity contribution >= 4 is 5.69 Å². The van der Waals surface area contributed by atoms with Crippen molar-refractivity contribution in [1.29, 1.82) is 0 Å². The molecule has 1 aromatic heterocycles. The van der Waals surface area contributed by atoms with E-state index in [0.29, 0.717) is 13.1 Å². The number of aryl methyl sites for hydroxylation is 2. The Hall–Kier alpha value is -2.10. The molecule has 0 aliphatic carbocycles.